The van der Waals surface area contributed by atoms with Crippen LogP contribution in [-0.2, 0) is 4.79 Å². The molecular weight excluding hydrogens is 393 g/mol. The van der Waals surface area contributed by atoms with Crippen LogP contribution in [0.1, 0.15) is 0 Å². The molecule has 6 nitrogen and oxygen atoms in total. The Morgan fingerprint density at radius 3 is 2.59 bits per heavy atom. The number of benzene rings is 2. The van der Waals surface area contributed by atoms with Gasteiger partial charge in [-0.2, -0.15) is 0 Å². The summed E-state index contributed by atoms with van der Waals surface area (Å²) < 4.78 is 14.6. The maximum absolute atomic E-state index is 13.3. The van der Waals surface area contributed by atoms with Crippen molar-refractivity contribution in [1.82, 2.24) is 14.5 Å². The number of halogens is 1. The second-order valence-corrected chi connectivity index (χ2v) is 7.11. The number of rotatable bonds is 5. The predicted molar refractivity (Wildman–Crippen MR) is 109 cm³/mol. The number of aromatic nitrogens is 3. The quantitative estimate of drug-likeness (QED) is 0.401. The van der Waals surface area contributed by atoms with E-state index in [1.54, 1.807) is 24.5 Å². The third-order valence-electron chi connectivity index (χ3n) is 4.24. The minimum Gasteiger partial charge on any atom is -0.481 e. The standard InChI is InChI=1S/C21H14FN3O3S/c22-15-4-6-16(7-5-15)25-20(28)17-8-3-13(14-2-1-9-23-11-14)10-18(17)24-21(25)29-12-19(26)27/h1-11H,12H2,(H,26,27). The smallest absolute Gasteiger partial charge is 0.313 e. The molecule has 2 aromatic heterocycles. The lowest BCUT2D eigenvalue weighted by Crippen LogP contribution is -2.22. The van der Waals surface area contributed by atoms with Crippen LogP contribution in [0.4, 0.5) is 4.39 Å². The molecule has 2 aromatic carbocycles. The number of thioether (sulfide) groups is 1. The van der Waals surface area contributed by atoms with E-state index in [2.05, 4.69) is 9.97 Å². The number of carboxylic acid groups (broad SMARTS) is 1. The van der Waals surface area contributed by atoms with Crippen molar-refractivity contribution in [2.45, 2.75) is 5.16 Å². The number of aliphatic carboxylic acids is 1. The fraction of sp³-hybridized carbons (Fsp3) is 0.0476. The maximum Gasteiger partial charge on any atom is 0.313 e. The highest BCUT2D eigenvalue weighted by atomic mass is 32.2. The summed E-state index contributed by atoms with van der Waals surface area (Å²) in [4.78, 5) is 32.9. The third kappa shape index (κ3) is 3.88. The van der Waals surface area contributed by atoms with E-state index in [1.165, 1.54) is 28.8 Å². The van der Waals surface area contributed by atoms with E-state index in [4.69, 9.17) is 5.11 Å². The number of pyridine rings is 1. The Bertz CT molecular complexity index is 1260. The van der Waals surface area contributed by atoms with Gasteiger partial charge in [-0.05, 0) is 48.0 Å². The van der Waals surface area contributed by atoms with Gasteiger partial charge in [0.05, 0.1) is 22.3 Å². The highest BCUT2D eigenvalue weighted by Crippen LogP contribution is 2.25. The van der Waals surface area contributed by atoms with Gasteiger partial charge in [0.1, 0.15) is 5.82 Å². The van der Waals surface area contributed by atoms with Gasteiger partial charge in [0.2, 0.25) is 0 Å². The molecule has 0 bridgehead atoms. The molecule has 0 saturated carbocycles. The summed E-state index contributed by atoms with van der Waals surface area (Å²) in [7, 11) is 0. The second kappa shape index (κ2) is 7.84. The summed E-state index contributed by atoms with van der Waals surface area (Å²) in [6.07, 6.45) is 3.38. The topological polar surface area (TPSA) is 85.1 Å². The van der Waals surface area contributed by atoms with Crippen molar-refractivity contribution in [2.75, 3.05) is 5.75 Å². The van der Waals surface area contributed by atoms with Gasteiger partial charge >= 0.3 is 5.97 Å². The molecule has 4 rings (SSSR count). The minimum absolute atomic E-state index is 0.222. The molecule has 0 fully saturated rings. The summed E-state index contributed by atoms with van der Waals surface area (Å²) >= 11 is 0.931. The molecule has 0 aliphatic carbocycles. The molecule has 0 radical (unpaired) electrons. The molecule has 0 amide bonds. The van der Waals surface area contributed by atoms with E-state index in [1.807, 2.05) is 18.2 Å². The summed E-state index contributed by atoms with van der Waals surface area (Å²) in [5, 5.41) is 9.65. The Hall–Kier alpha value is -3.52. The Labute approximate surface area is 168 Å². The Kier molecular flexibility index (Phi) is 5.09. The fourth-order valence-corrected chi connectivity index (χ4v) is 3.65. The summed E-state index contributed by atoms with van der Waals surface area (Å²) in [5.74, 6) is -1.72. The van der Waals surface area contributed by atoms with E-state index < -0.39 is 11.8 Å². The van der Waals surface area contributed by atoms with Crippen LogP contribution in [0.5, 0.6) is 0 Å². The van der Waals surface area contributed by atoms with E-state index in [0.717, 1.165) is 22.9 Å². The van der Waals surface area contributed by atoms with Gasteiger partial charge in [-0.25, -0.2) is 9.37 Å². The SMILES string of the molecule is O=C(O)CSc1nc2cc(-c3cccnc3)ccc2c(=O)n1-c1ccc(F)cc1. The van der Waals surface area contributed by atoms with Crippen LogP contribution in [-0.4, -0.2) is 31.4 Å². The molecule has 1 N–H and O–H groups in total. The molecule has 0 spiro atoms. The van der Waals surface area contributed by atoms with Gasteiger partial charge in [0, 0.05) is 18.0 Å². The molecule has 0 aliphatic rings. The zero-order valence-corrected chi connectivity index (χ0v) is 15.8. The average molecular weight is 407 g/mol. The van der Waals surface area contributed by atoms with Gasteiger partial charge in [-0.3, -0.25) is 19.1 Å². The molecular formula is C21H14FN3O3S. The van der Waals surface area contributed by atoms with Gasteiger partial charge in [-0.1, -0.05) is 23.9 Å². The largest absolute Gasteiger partial charge is 0.481 e. The summed E-state index contributed by atoms with van der Waals surface area (Å²) in [6, 6.07) is 14.4. The normalized spacial score (nSPS) is 10.9. The maximum atomic E-state index is 13.3. The number of hydrogen-bond acceptors (Lipinski definition) is 5. The van der Waals surface area contributed by atoms with Crippen molar-refractivity contribution >= 4 is 28.6 Å². The molecule has 0 unspecified atom stereocenters. The van der Waals surface area contributed by atoms with Crippen LogP contribution in [0.25, 0.3) is 27.7 Å². The van der Waals surface area contributed by atoms with E-state index in [9.17, 15) is 14.0 Å². The average Bonchev–Trinajstić information content (AvgIpc) is 2.73. The van der Waals surface area contributed by atoms with Crippen LogP contribution in [0, 0.1) is 5.82 Å². The van der Waals surface area contributed by atoms with Crippen LogP contribution >= 0.6 is 11.8 Å². The van der Waals surface area contributed by atoms with E-state index in [-0.39, 0.29) is 16.5 Å². The Morgan fingerprint density at radius 2 is 1.90 bits per heavy atom. The molecule has 29 heavy (non-hydrogen) atoms. The van der Waals surface area contributed by atoms with Gasteiger partial charge in [0.15, 0.2) is 5.16 Å². The monoisotopic (exact) mass is 407 g/mol. The second-order valence-electron chi connectivity index (χ2n) is 6.17. The van der Waals surface area contributed by atoms with E-state index in [0.29, 0.717) is 16.6 Å². The van der Waals surface area contributed by atoms with Crippen molar-refractivity contribution in [3.05, 3.63) is 83.2 Å². The first-order valence-electron chi connectivity index (χ1n) is 8.61. The van der Waals surface area contributed by atoms with Crippen molar-refractivity contribution in [3.8, 4) is 16.8 Å². The molecule has 144 valence electrons. The predicted octanol–water partition coefficient (Wildman–Crippen LogP) is 3.76. The van der Waals surface area contributed by atoms with Crippen LogP contribution in [0.3, 0.4) is 0 Å². The van der Waals surface area contributed by atoms with Crippen LogP contribution < -0.4 is 5.56 Å². The fourth-order valence-electron chi connectivity index (χ4n) is 2.92. The van der Waals surface area contributed by atoms with Gasteiger partial charge < -0.3 is 5.11 Å². The highest BCUT2D eigenvalue weighted by Gasteiger charge is 2.15. The van der Waals surface area contributed by atoms with Gasteiger partial charge in [-0.15, -0.1) is 0 Å². The highest BCUT2D eigenvalue weighted by molar-refractivity contribution is 7.99. The lowest BCUT2D eigenvalue weighted by molar-refractivity contribution is -0.133. The molecule has 0 atom stereocenters. The molecule has 2 heterocycles. The Morgan fingerprint density at radius 1 is 1.10 bits per heavy atom. The van der Waals surface area contributed by atoms with E-state index >= 15 is 0 Å². The molecule has 0 aliphatic heterocycles. The third-order valence-corrected chi connectivity index (χ3v) is 5.17. The lowest BCUT2D eigenvalue weighted by atomic mass is 10.1. The first-order chi connectivity index (χ1) is 14.0. The molecule has 0 saturated heterocycles. The minimum atomic E-state index is -1.03. The zero-order chi connectivity index (χ0) is 20.4. The number of nitrogens with zero attached hydrogens (tertiary/aromatic N) is 3. The van der Waals surface area contributed by atoms with Gasteiger partial charge in [0.25, 0.3) is 5.56 Å². The first-order valence-corrected chi connectivity index (χ1v) is 9.59. The first kappa shape index (κ1) is 18.8. The Balaban J connectivity index is 1.92. The number of carbonyl (C=O) groups is 1. The molecule has 4 aromatic rings. The van der Waals surface area contributed by atoms with Crippen molar-refractivity contribution in [2.24, 2.45) is 0 Å². The lowest BCUT2D eigenvalue weighted by Gasteiger charge is -2.13. The number of fused-ring (bicyclic) bond motifs is 1. The van der Waals surface area contributed by atoms with Crippen LogP contribution in [0.2, 0.25) is 0 Å². The summed E-state index contributed by atoms with van der Waals surface area (Å²) in [5.41, 5.74) is 2.22. The van der Waals surface area contributed by atoms with Crippen molar-refractivity contribution < 1.29 is 14.3 Å². The number of carboxylic acids is 1. The van der Waals surface area contributed by atoms with Crippen LogP contribution in [0.15, 0.2) is 76.9 Å². The summed E-state index contributed by atoms with van der Waals surface area (Å²) in [6.45, 7) is 0. The molecule has 8 heteroatoms. The zero-order valence-electron chi connectivity index (χ0n) is 14.9. The van der Waals surface area contributed by atoms with Crippen molar-refractivity contribution in [3.63, 3.8) is 0 Å². The van der Waals surface area contributed by atoms with Crippen molar-refractivity contribution in [1.29, 1.82) is 0 Å². The number of hydrogen-bond donors (Lipinski definition) is 1.